The number of nitrogens with zero attached hydrogens (tertiary/aromatic N) is 2. The van der Waals surface area contributed by atoms with Gasteiger partial charge in [-0.1, -0.05) is 31.5 Å². The van der Waals surface area contributed by atoms with Crippen LogP contribution >= 0.6 is 0 Å². The van der Waals surface area contributed by atoms with Crippen molar-refractivity contribution in [3.8, 4) is 11.5 Å². The number of anilines is 2. The molecular weight excluding hydrogens is 588 g/mol. The number of carbonyl (C=O) groups is 1. The van der Waals surface area contributed by atoms with E-state index in [2.05, 4.69) is 21.9 Å². The maximum Gasteiger partial charge on any atom is 0.322 e. The van der Waals surface area contributed by atoms with Gasteiger partial charge in [-0.05, 0) is 79.4 Å². The van der Waals surface area contributed by atoms with Crippen LogP contribution in [0.2, 0.25) is 0 Å². The van der Waals surface area contributed by atoms with Gasteiger partial charge in [0.1, 0.15) is 11.5 Å². The summed E-state index contributed by atoms with van der Waals surface area (Å²) in [5.41, 5.74) is 2.10. The first kappa shape index (κ1) is 32.3. The van der Waals surface area contributed by atoms with Gasteiger partial charge in [0.2, 0.25) is 10.0 Å². The molecule has 12 heteroatoms. The summed E-state index contributed by atoms with van der Waals surface area (Å²) in [4.78, 5) is 17.8. The quantitative estimate of drug-likeness (QED) is 0.269. The normalized spacial score (nSPS) is 14.7. The van der Waals surface area contributed by atoms with Gasteiger partial charge in [0, 0.05) is 49.9 Å². The number of amides is 2. The number of hydrogen-bond acceptors (Lipinski definition) is 7. The Balaban J connectivity index is 1.30. The molecule has 0 unspecified atom stereocenters. The van der Waals surface area contributed by atoms with Crippen LogP contribution in [0, 0.1) is 0 Å². The Morgan fingerprint density at radius 1 is 0.907 bits per heavy atom. The standard InChI is InChI=1S/C31H40N4O6S2/c1-4-5-19-35(31(36)32-26-7-6-8-30(22-26)42(2,37)38)27-17-20-34(21-18-27)23-24-9-13-28(14-10-24)41-29-15-11-25(12-16-29)33-43(3,39)40/h6-16,22,27,33H,4-5,17-21,23H2,1-3H3,(H,32,36). The van der Waals surface area contributed by atoms with Crippen LogP contribution in [-0.2, 0) is 26.4 Å². The maximum atomic E-state index is 13.3. The summed E-state index contributed by atoms with van der Waals surface area (Å²) in [5.74, 6) is 1.29. The van der Waals surface area contributed by atoms with Gasteiger partial charge in [0.05, 0.1) is 11.2 Å². The molecule has 2 N–H and O–H groups in total. The van der Waals surface area contributed by atoms with Crippen molar-refractivity contribution in [3.63, 3.8) is 0 Å². The zero-order valence-corrected chi connectivity index (χ0v) is 26.5. The molecule has 1 aliphatic rings. The molecule has 2 amide bonds. The molecule has 4 rings (SSSR count). The van der Waals surface area contributed by atoms with E-state index >= 15 is 0 Å². The molecule has 3 aromatic rings. The third-order valence-electron chi connectivity index (χ3n) is 7.25. The van der Waals surface area contributed by atoms with E-state index in [1.807, 2.05) is 29.2 Å². The lowest BCUT2D eigenvalue weighted by atomic mass is 10.0. The van der Waals surface area contributed by atoms with Gasteiger partial charge in [-0.15, -0.1) is 0 Å². The first-order chi connectivity index (χ1) is 20.4. The Kier molecular flexibility index (Phi) is 10.7. The van der Waals surface area contributed by atoms with Crippen molar-refractivity contribution in [3.05, 3.63) is 78.4 Å². The van der Waals surface area contributed by atoms with Crippen LogP contribution in [0.3, 0.4) is 0 Å². The predicted molar refractivity (Wildman–Crippen MR) is 170 cm³/mol. The highest BCUT2D eigenvalue weighted by Gasteiger charge is 2.28. The van der Waals surface area contributed by atoms with Crippen LogP contribution in [0.15, 0.2) is 77.7 Å². The molecule has 0 aliphatic carbocycles. The van der Waals surface area contributed by atoms with Crippen LogP contribution in [0.5, 0.6) is 11.5 Å². The zero-order chi connectivity index (χ0) is 31.0. The van der Waals surface area contributed by atoms with Crippen molar-refractivity contribution in [1.82, 2.24) is 9.80 Å². The minimum absolute atomic E-state index is 0.107. The number of sulfone groups is 1. The summed E-state index contributed by atoms with van der Waals surface area (Å²) in [6, 6.07) is 20.9. The minimum atomic E-state index is -3.37. The van der Waals surface area contributed by atoms with E-state index in [0.717, 1.165) is 63.4 Å². The molecule has 3 aromatic carbocycles. The Bertz CT molecular complexity index is 1590. The van der Waals surface area contributed by atoms with Gasteiger partial charge in [0.15, 0.2) is 9.84 Å². The highest BCUT2D eigenvalue weighted by atomic mass is 32.2. The molecule has 0 atom stereocenters. The highest BCUT2D eigenvalue weighted by Crippen LogP contribution is 2.25. The lowest BCUT2D eigenvalue weighted by Gasteiger charge is -2.38. The first-order valence-corrected chi connectivity index (χ1v) is 18.1. The number of hydrogen-bond donors (Lipinski definition) is 2. The fourth-order valence-electron chi connectivity index (χ4n) is 5.03. The summed E-state index contributed by atoms with van der Waals surface area (Å²) in [5, 5.41) is 2.92. The molecule has 1 heterocycles. The number of sulfonamides is 1. The first-order valence-electron chi connectivity index (χ1n) is 14.3. The Hall–Kier alpha value is -3.61. The molecule has 0 aromatic heterocycles. The number of likely N-dealkylation sites (tertiary alicyclic amines) is 1. The number of benzene rings is 3. The van der Waals surface area contributed by atoms with E-state index in [9.17, 15) is 21.6 Å². The SMILES string of the molecule is CCCCN(C(=O)Nc1cccc(S(C)(=O)=O)c1)C1CCN(Cc2ccc(Oc3ccc(NS(C)(=O)=O)cc3)cc2)CC1. The molecular formula is C31H40N4O6S2. The largest absolute Gasteiger partial charge is 0.457 e. The zero-order valence-electron chi connectivity index (χ0n) is 24.8. The van der Waals surface area contributed by atoms with Crippen LogP contribution in [0.4, 0.5) is 16.2 Å². The van der Waals surface area contributed by atoms with E-state index in [-0.39, 0.29) is 17.0 Å². The van der Waals surface area contributed by atoms with Gasteiger partial charge in [-0.25, -0.2) is 21.6 Å². The summed E-state index contributed by atoms with van der Waals surface area (Å²) >= 11 is 0. The second-order valence-corrected chi connectivity index (χ2v) is 14.7. The van der Waals surface area contributed by atoms with Gasteiger partial charge >= 0.3 is 6.03 Å². The summed E-state index contributed by atoms with van der Waals surface area (Å²) in [6.45, 7) is 5.25. The summed E-state index contributed by atoms with van der Waals surface area (Å²) in [6.07, 6.45) is 5.83. The van der Waals surface area contributed by atoms with Crippen LogP contribution in [0.25, 0.3) is 0 Å². The number of unbranched alkanes of at least 4 members (excludes halogenated alkanes) is 1. The Morgan fingerprint density at radius 3 is 2.12 bits per heavy atom. The van der Waals surface area contributed by atoms with E-state index in [0.29, 0.717) is 29.4 Å². The van der Waals surface area contributed by atoms with Crippen LogP contribution in [-0.4, -0.2) is 70.9 Å². The lowest BCUT2D eigenvalue weighted by Crippen LogP contribution is -2.49. The maximum absolute atomic E-state index is 13.3. The number of ether oxygens (including phenoxy) is 1. The van der Waals surface area contributed by atoms with Gasteiger partial charge < -0.3 is 15.0 Å². The molecule has 232 valence electrons. The lowest BCUT2D eigenvalue weighted by molar-refractivity contribution is 0.122. The molecule has 43 heavy (non-hydrogen) atoms. The van der Waals surface area contributed by atoms with Crippen molar-refractivity contribution >= 4 is 37.3 Å². The van der Waals surface area contributed by atoms with Crippen molar-refractivity contribution in [2.75, 3.05) is 42.2 Å². The third-order valence-corrected chi connectivity index (χ3v) is 8.96. The molecule has 0 bridgehead atoms. The fraction of sp³-hybridized carbons (Fsp3) is 0.387. The number of urea groups is 1. The number of piperidine rings is 1. The van der Waals surface area contributed by atoms with Crippen molar-refractivity contribution < 1.29 is 26.4 Å². The van der Waals surface area contributed by atoms with Crippen molar-refractivity contribution in [1.29, 1.82) is 0 Å². The summed E-state index contributed by atoms with van der Waals surface area (Å²) in [7, 11) is -6.70. The number of rotatable bonds is 12. The average molecular weight is 629 g/mol. The van der Waals surface area contributed by atoms with E-state index in [1.54, 1.807) is 36.4 Å². The number of nitrogens with one attached hydrogen (secondary N) is 2. The van der Waals surface area contributed by atoms with Gasteiger partial charge in [-0.3, -0.25) is 9.62 Å². The van der Waals surface area contributed by atoms with Crippen molar-refractivity contribution in [2.45, 2.75) is 50.1 Å². The van der Waals surface area contributed by atoms with Crippen LogP contribution < -0.4 is 14.8 Å². The van der Waals surface area contributed by atoms with Gasteiger partial charge in [-0.2, -0.15) is 0 Å². The molecule has 1 saturated heterocycles. The third kappa shape index (κ3) is 9.97. The van der Waals surface area contributed by atoms with Crippen LogP contribution in [0.1, 0.15) is 38.2 Å². The highest BCUT2D eigenvalue weighted by molar-refractivity contribution is 7.92. The monoisotopic (exact) mass is 628 g/mol. The van der Waals surface area contributed by atoms with E-state index in [4.69, 9.17) is 4.74 Å². The van der Waals surface area contributed by atoms with E-state index < -0.39 is 19.9 Å². The van der Waals surface area contributed by atoms with E-state index in [1.165, 1.54) is 12.1 Å². The topological polar surface area (TPSA) is 125 Å². The predicted octanol–water partition coefficient (Wildman–Crippen LogP) is 5.55. The summed E-state index contributed by atoms with van der Waals surface area (Å²) < 4.78 is 55.0. The fourth-order valence-corrected chi connectivity index (χ4v) is 6.26. The second kappa shape index (κ2) is 14.2. The Morgan fingerprint density at radius 2 is 1.53 bits per heavy atom. The molecule has 1 fully saturated rings. The van der Waals surface area contributed by atoms with Crippen molar-refractivity contribution in [2.24, 2.45) is 0 Å². The molecule has 10 nitrogen and oxygen atoms in total. The molecule has 0 saturated carbocycles. The molecule has 0 radical (unpaired) electrons. The molecule has 1 aliphatic heterocycles. The smallest absolute Gasteiger partial charge is 0.322 e. The minimum Gasteiger partial charge on any atom is -0.457 e. The number of carbonyl (C=O) groups excluding carboxylic acids is 1. The second-order valence-electron chi connectivity index (χ2n) is 10.9. The Labute approximate surface area is 255 Å². The molecule has 0 spiro atoms. The average Bonchev–Trinajstić information content (AvgIpc) is 2.95. The van der Waals surface area contributed by atoms with Gasteiger partial charge in [0.25, 0.3) is 0 Å².